The Labute approximate surface area is 159 Å². The van der Waals surface area contributed by atoms with E-state index < -0.39 is 17.5 Å². The summed E-state index contributed by atoms with van der Waals surface area (Å²) in [5.41, 5.74) is 0.566. The van der Waals surface area contributed by atoms with Crippen molar-refractivity contribution in [2.24, 2.45) is 0 Å². The van der Waals surface area contributed by atoms with Crippen molar-refractivity contribution < 1.29 is 18.7 Å². The minimum absolute atomic E-state index is 0.180. The third-order valence-electron chi connectivity index (χ3n) is 4.31. The first-order valence-corrected chi connectivity index (χ1v) is 9.59. The number of hydrogen-bond acceptors (Lipinski definition) is 3. The van der Waals surface area contributed by atoms with Gasteiger partial charge < -0.3 is 10.4 Å². The summed E-state index contributed by atoms with van der Waals surface area (Å²) in [5, 5.41) is 13.1. The maximum Gasteiger partial charge on any atom is 0.255 e. The number of benzene rings is 2. The predicted molar refractivity (Wildman–Crippen MR) is 99.9 cm³/mol. The lowest BCUT2D eigenvalue weighted by Gasteiger charge is -2.25. The molecule has 0 aliphatic heterocycles. The zero-order valence-electron chi connectivity index (χ0n) is 13.8. The van der Waals surface area contributed by atoms with E-state index in [-0.39, 0.29) is 11.8 Å². The lowest BCUT2D eigenvalue weighted by Crippen LogP contribution is -2.19. The summed E-state index contributed by atoms with van der Waals surface area (Å²) in [6.45, 7) is 0. The average molecular weight is 398 g/mol. The first kappa shape index (κ1) is 19.1. The molecule has 0 unspecified atom stereocenters. The molecule has 0 spiro atoms. The highest BCUT2D eigenvalue weighted by Crippen LogP contribution is 2.37. The fourth-order valence-corrected chi connectivity index (χ4v) is 4.35. The molecule has 1 amide bonds. The molecule has 1 saturated carbocycles. The van der Waals surface area contributed by atoms with Crippen LogP contribution in [0.15, 0.2) is 41.3 Å². The second-order valence-corrected chi connectivity index (χ2v) is 8.03. The van der Waals surface area contributed by atoms with E-state index in [1.165, 1.54) is 6.07 Å². The number of carbonyl (C=O) groups is 1. The van der Waals surface area contributed by atoms with Gasteiger partial charge in [-0.1, -0.05) is 11.6 Å². The van der Waals surface area contributed by atoms with Crippen molar-refractivity contribution in [1.29, 1.82) is 0 Å². The molecule has 3 nitrogen and oxygen atoms in total. The van der Waals surface area contributed by atoms with Crippen LogP contribution in [0.1, 0.15) is 36.0 Å². The van der Waals surface area contributed by atoms with Crippen LogP contribution >= 0.6 is 23.4 Å². The normalized spacial score (nSPS) is 20.0. The molecular weight excluding hydrogens is 380 g/mol. The number of nitrogens with one attached hydrogen (secondary N) is 1. The SMILES string of the molecule is O=C(Nc1ccc(F)c(F)c1)c1ccc(Cl)c(S[C@H]2CC[C@H](O)CC2)c1. The quantitative estimate of drug-likeness (QED) is 0.739. The van der Waals surface area contributed by atoms with Crippen LogP contribution in [0.5, 0.6) is 0 Å². The highest BCUT2D eigenvalue weighted by atomic mass is 35.5. The number of amides is 1. The summed E-state index contributed by atoms with van der Waals surface area (Å²) in [6.07, 6.45) is 3.11. The van der Waals surface area contributed by atoms with Gasteiger partial charge in [0.25, 0.3) is 5.91 Å². The average Bonchev–Trinajstić information content (AvgIpc) is 2.62. The summed E-state index contributed by atoms with van der Waals surface area (Å²) in [4.78, 5) is 13.2. The lowest BCUT2D eigenvalue weighted by atomic mass is 9.97. The summed E-state index contributed by atoms with van der Waals surface area (Å²) in [7, 11) is 0. The van der Waals surface area contributed by atoms with Crippen LogP contribution in [0.2, 0.25) is 5.02 Å². The lowest BCUT2D eigenvalue weighted by molar-refractivity contribution is 0.102. The van der Waals surface area contributed by atoms with Gasteiger partial charge in [-0.3, -0.25) is 4.79 Å². The van der Waals surface area contributed by atoms with Gasteiger partial charge in [-0.25, -0.2) is 8.78 Å². The minimum atomic E-state index is -1.02. The fourth-order valence-electron chi connectivity index (χ4n) is 2.85. The fraction of sp³-hybridized carbons (Fsp3) is 0.316. The van der Waals surface area contributed by atoms with Crippen LogP contribution in [-0.2, 0) is 0 Å². The van der Waals surface area contributed by atoms with Crippen molar-refractivity contribution in [3.05, 3.63) is 58.6 Å². The van der Waals surface area contributed by atoms with Gasteiger partial charge in [-0.2, -0.15) is 0 Å². The summed E-state index contributed by atoms with van der Waals surface area (Å²) in [6, 6.07) is 8.15. The third-order valence-corrected chi connectivity index (χ3v) is 6.15. The maximum atomic E-state index is 13.3. The molecule has 0 heterocycles. The smallest absolute Gasteiger partial charge is 0.255 e. The molecule has 3 rings (SSSR count). The maximum absolute atomic E-state index is 13.3. The third kappa shape index (κ3) is 4.75. The van der Waals surface area contributed by atoms with Gasteiger partial charge >= 0.3 is 0 Å². The van der Waals surface area contributed by atoms with Crippen LogP contribution in [-0.4, -0.2) is 22.4 Å². The predicted octanol–water partition coefficient (Wildman–Crippen LogP) is 5.27. The topological polar surface area (TPSA) is 49.3 Å². The van der Waals surface area contributed by atoms with Gasteiger partial charge in [0.1, 0.15) is 0 Å². The van der Waals surface area contributed by atoms with Crippen molar-refractivity contribution in [2.75, 3.05) is 5.32 Å². The number of hydrogen-bond donors (Lipinski definition) is 2. The van der Waals surface area contributed by atoms with Crippen LogP contribution in [0, 0.1) is 11.6 Å². The monoisotopic (exact) mass is 397 g/mol. The van der Waals surface area contributed by atoms with Crippen molar-refractivity contribution in [3.8, 4) is 0 Å². The molecule has 138 valence electrons. The van der Waals surface area contributed by atoms with E-state index in [1.54, 1.807) is 30.0 Å². The highest BCUT2D eigenvalue weighted by molar-refractivity contribution is 8.00. The van der Waals surface area contributed by atoms with E-state index in [1.807, 2.05) is 0 Å². The number of anilines is 1. The van der Waals surface area contributed by atoms with Crippen molar-refractivity contribution >= 4 is 35.0 Å². The van der Waals surface area contributed by atoms with E-state index >= 15 is 0 Å². The van der Waals surface area contributed by atoms with Crippen LogP contribution in [0.4, 0.5) is 14.5 Å². The van der Waals surface area contributed by atoms with Gasteiger partial charge in [0.05, 0.1) is 11.1 Å². The molecule has 7 heteroatoms. The Bertz CT molecular complexity index is 810. The van der Waals surface area contributed by atoms with Gasteiger partial charge in [0.2, 0.25) is 0 Å². The van der Waals surface area contributed by atoms with Crippen LogP contribution in [0.25, 0.3) is 0 Å². The van der Waals surface area contributed by atoms with Gasteiger partial charge in [-0.05, 0) is 56.0 Å². The Kier molecular flexibility index (Phi) is 6.16. The number of aliphatic hydroxyl groups excluding tert-OH is 1. The van der Waals surface area contributed by atoms with Crippen molar-refractivity contribution in [3.63, 3.8) is 0 Å². The van der Waals surface area contributed by atoms with E-state index in [0.717, 1.165) is 42.7 Å². The Balaban J connectivity index is 1.71. The number of thioether (sulfide) groups is 1. The zero-order chi connectivity index (χ0) is 18.7. The molecule has 2 aromatic carbocycles. The first-order valence-electron chi connectivity index (χ1n) is 8.33. The second-order valence-electron chi connectivity index (χ2n) is 6.28. The molecule has 0 saturated heterocycles. The Morgan fingerprint density at radius 3 is 2.50 bits per heavy atom. The number of aliphatic hydroxyl groups is 1. The van der Waals surface area contributed by atoms with Crippen LogP contribution < -0.4 is 5.32 Å². The molecule has 0 aromatic heterocycles. The molecule has 0 radical (unpaired) electrons. The van der Waals surface area contributed by atoms with E-state index in [9.17, 15) is 18.7 Å². The van der Waals surface area contributed by atoms with Crippen molar-refractivity contribution in [1.82, 2.24) is 0 Å². The number of rotatable bonds is 4. The van der Waals surface area contributed by atoms with Crippen molar-refractivity contribution in [2.45, 2.75) is 41.9 Å². The second kappa shape index (κ2) is 8.37. The molecule has 1 aliphatic carbocycles. The molecule has 2 N–H and O–H groups in total. The Morgan fingerprint density at radius 1 is 1.08 bits per heavy atom. The summed E-state index contributed by atoms with van der Waals surface area (Å²) in [5.74, 6) is -2.41. The minimum Gasteiger partial charge on any atom is -0.393 e. The molecule has 0 bridgehead atoms. The van der Waals surface area contributed by atoms with Crippen LogP contribution in [0.3, 0.4) is 0 Å². The number of halogens is 3. The summed E-state index contributed by atoms with van der Waals surface area (Å²) >= 11 is 7.86. The molecule has 2 aromatic rings. The Hall–Kier alpha value is -1.63. The zero-order valence-corrected chi connectivity index (χ0v) is 15.4. The number of carbonyl (C=O) groups excluding carboxylic acids is 1. The molecule has 1 fully saturated rings. The summed E-state index contributed by atoms with van der Waals surface area (Å²) < 4.78 is 26.3. The molecule has 1 aliphatic rings. The Morgan fingerprint density at radius 2 is 1.81 bits per heavy atom. The molecular formula is C19H18ClF2NO2S. The van der Waals surface area contributed by atoms with E-state index in [4.69, 9.17) is 11.6 Å². The largest absolute Gasteiger partial charge is 0.393 e. The van der Waals surface area contributed by atoms with E-state index in [2.05, 4.69) is 5.32 Å². The first-order chi connectivity index (χ1) is 12.4. The standard InChI is InChI=1S/C19H18ClF2NO2S/c20-15-7-1-11(9-18(15)26-14-5-3-13(24)4-6-14)19(25)23-12-2-8-16(21)17(22)10-12/h1-2,7-10,13-14,24H,3-6H2,(H,23,25)/t13-,14-. The molecule has 26 heavy (non-hydrogen) atoms. The van der Waals surface area contributed by atoms with E-state index in [0.29, 0.717) is 15.8 Å². The van der Waals surface area contributed by atoms with Gasteiger partial charge in [0, 0.05) is 27.5 Å². The molecule has 0 atom stereocenters. The van der Waals surface area contributed by atoms with Gasteiger partial charge in [-0.15, -0.1) is 11.8 Å². The van der Waals surface area contributed by atoms with Gasteiger partial charge in [0.15, 0.2) is 11.6 Å². The highest BCUT2D eigenvalue weighted by Gasteiger charge is 2.21.